The smallest absolute Gasteiger partial charge is 0.872 e. The SMILES string of the molecule is Cc1cc(S(=O)(=O)O)cc(Cc2cc(S(=O)(=O)O)cc(Cc3cc(S(=O)(=O)O)cc(Cc4cc(S(=O)(=O)O)cc(Cc5cc(S(=O)(=O)O)cc(C)c5[O-])c4[O-])c3[O-])c2[O-])c1[O-].[Na+].[Na+].[Na+].[Na+].[Na+]. The Hall–Kier alpha value is -0.350. The Kier molecular flexibility index (Phi) is 24.3. The van der Waals surface area contributed by atoms with Crippen LogP contribution in [-0.4, -0.2) is 64.9 Å². The molecule has 0 spiro atoms. The maximum Gasteiger partial charge on any atom is 1.00 e. The molecule has 0 amide bonds. The minimum absolute atomic E-state index is 0. The summed E-state index contributed by atoms with van der Waals surface area (Å²) in [6.07, 6.45) is -3.56. The van der Waals surface area contributed by atoms with Gasteiger partial charge in [0, 0.05) is 0 Å². The Morgan fingerprint density at radius 1 is 0.303 bits per heavy atom. The minimum atomic E-state index is -5.26. The molecule has 0 aliphatic rings. The Morgan fingerprint density at radius 2 is 0.439 bits per heavy atom. The average Bonchev–Trinajstić information content (AvgIpc) is 3.10. The molecule has 0 saturated carbocycles. The molecule has 0 heterocycles. The molecule has 0 saturated heterocycles. The van der Waals surface area contributed by atoms with Crippen molar-refractivity contribution in [3.63, 3.8) is 0 Å². The topological polar surface area (TPSA) is 387 Å². The monoisotopic (exact) mass is 1060 g/mol. The molecule has 0 aromatic heterocycles. The molecule has 30 heteroatoms. The summed E-state index contributed by atoms with van der Waals surface area (Å²) in [5, 5.41) is 67.3. The van der Waals surface area contributed by atoms with E-state index in [2.05, 4.69) is 0 Å². The van der Waals surface area contributed by atoms with Crippen LogP contribution in [0, 0.1) is 13.8 Å². The fourth-order valence-electron chi connectivity index (χ4n) is 6.41. The number of aryl methyl sites for hydroxylation is 2. The summed E-state index contributed by atoms with van der Waals surface area (Å²) >= 11 is 0. The van der Waals surface area contributed by atoms with Gasteiger partial charge in [-0.05, 0) is 145 Å². The number of benzene rings is 5. The number of hydrogen-bond donors (Lipinski definition) is 5. The van der Waals surface area contributed by atoms with E-state index in [-0.39, 0.29) is 159 Å². The van der Waals surface area contributed by atoms with Crippen molar-refractivity contribution in [2.75, 3.05) is 0 Å². The zero-order chi connectivity index (χ0) is 45.9. The summed E-state index contributed by atoms with van der Waals surface area (Å²) in [5.41, 5.74) is -5.08. The predicted octanol–water partition coefficient (Wildman–Crippen LogP) is -14.7. The Bertz CT molecular complexity index is 3060. The summed E-state index contributed by atoms with van der Waals surface area (Å²) in [5.74, 6) is -5.06. The molecular formula is C36H29Na5O20S5. The first-order valence-electron chi connectivity index (χ1n) is 16.7. The van der Waals surface area contributed by atoms with Crippen LogP contribution in [0.3, 0.4) is 0 Å². The quantitative estimate of drug-likeness (QED) is 0.0540. The van der Waals surface area contributed by atoms with Crippen LogP contribution in [0.2, 0.25) is 0 Å². The largest absolute Gasteiger partial charge is 1.00 e. The maximum absolute atomic E-state index is 14.0. The molecule has 0 radical (unpaired) electrons. The summed E-state index contributed by atoms with van der Waals surface area (Å²) < 4.78 is 170. The van der Waals surface area contributed by atoms with Crippen molar-refractivity contribution in [1.82, 2.24) is 0 Å². The zero-order valence-corrected chi connectivity index (χ0v) is 50.1. The van der Waals surface area contributed by atoms with Crippen LogP contribution in [0.5, 0.6) is 28.7 Å². The zero-order valence-electron chi connectivity index (χ0n) is 36.0. The van der Waals surface area contributed by atoms with Crippen LogP contribution in [0.4, 0.5) is 0 Å². The van der Waals surface area contributed by atoms with E-state index in [1.54, 1.807) is 0 Å². The van der Waals surface area contributed by atoms with Gasteiger partial charge in [0.1, 0.15) is 0 Å². The molecular weight excluding hydrogens is 1030 g/mol. The first-order valence-corrected chi connectivity index (χ1v) is 23.9. The van der Waals surface area contributed by atoms with Crippen molar-refractivity contribution in [2.45, 2.75) is 64.0 Å². The van der Waals surface area contributed by atoms with Gasteiger partial charge in [0.05, 0.1) is 24.5 Å². The van der Waals surface area contributed by atoms with Crippen LogP contribution >= 0.6 is 0 Å². The van der Waals surface area contributed by atoms with E-state index in [0.717, 1.165) is 12.1 Å². The van der Waals surface area contributed by atoms with E-state index in [1.807, 2.05) is 0 Å². The fourth-order valence-corrected chi connectivity index (χ4v) is 9.39. The molecule has 66 heavy (non-hydrogen) atoms. The van der Waals surface area contributed by atoms with Crippen molar-refractivity contribution < 1.29 is 238 Å². The molecule has 5 N–H and O–H groups in total. The van der Waals surface area contributed by atoms with E-state index < -0.39 is 174 Å². The van der Waals surface area contributed by atoms with Gasteiger partial charge in [0.15, 0.2) is 0 Å². The molecule has 328 valence electrons. The summed E-state index contributed by atoms with van der Waals surface area (Å²) in [7, 11) is -25.4. The average molecular weight is 1060 g/mol. The van der Waals surface area contributed by atoms with Crippen molar-refractivity contribution in [3.8, 4) is 28.7 Å². The maximum atomic E-state index is 14.0. The molecule has 0 bridgehead atoms. The van der Waals surface area contributed by atoms with E-state index in [4.69, 9.17) is 0 Å². The second-order valence-electron chi connectivity index (χ2n) is 13.8. The van der Waals surface area contributed by atoms with Gasteiger partial charge in [-0.15, -0.1) is 28.7 Å². The first kappa shape index (κ1) is 65.7. The van der Waals surface area contributed by atoms with Gasteiger partial charge in [-0.2, -0.15) is 42.1 Å². The normalized spacial score (nSPS) is 11.8. The van der Waals surface area contributed by atoms with Gasteiger partial charge in [0.25, 0.3) is 50.6 Å². The Labute approximate surface area is 490 Å². The van der Waals surface area contributed by atoms with Crippen molar-refractivity contribution in [2.24, 2.45) is 0 Å². The van der Waals surface area contributed by atoms with Crippen LogP contribution in [0.1, 0.15) is 55.6 Å². The summed E-state index contributed by atoms with van der Waals surface area (Å²) in [4.78, 5) is -4.49. The molecule has 0 aliphatic heterocycles. The third-order valence-corrected chi connectivity index (χ3v) is 13.5. The summed E-state index contributed by atoms with van der Waals surface area (Å²) in [6.45, 7) is 2.36. The van der Waals surface area contributed by atoms with Crippen LogP contribution in [0.15, 0.2) is 85.1 Å². The Balaban J connectivity index is 0.00000845. The number of rotatable bonds is 13. The number of hydrogen-bond acceptors (Lipinski definition) is 15. The molecule has 5 aromatic carbocycles. The second kappa shape index (κ2) is 24.4. The van der Waals surface area contributed by atoms with Crippen molar-refractivity contribution in [1.29, 1.82) is 0 Å². The van der Waals surface area contributed by atoms with Gasteiger partial charge in [-0.1, -0.05) is 11.1 Å². The molecule has 0 unspecified atom stereocenters. The van der Waals surface area contributed by atoms with Gasteiger partial charge in [-0.25, -0.2) is 0 Å². The molecule has 5 rings (SSSR count). The van der Waals surface area contributed by atoms with Gasteiger partial charge in [0.2, 0.25) is 0 Å². The molecule has 5 aromatic rings. The predicted molar refractivity (Wildman–Crippen MR) is 199 cm³/mol. The van der Waals surface area contributed by atoms with E-state index in [0.29, 0.717) is 48.5 Å². The molecule has 0 fully saturated rings. The third kappa shape index (κ3) is 15.8. The third-order valence-electron chi connectivity index (χ3n) is 9.31. The molecule has 0 aliphatic carbocycles. The van der Waals surface area contributed by atoms with E-state index in [1.165, 1.54) is 13.8 Å². The van der Waals surface area contributed by atoms with E-state index >= 15 is 0 Å². The summed E-state index contributed by atoms with van der Waals surface area (Å²) in [6, 6.07) is 6.72. The van der Waals surface area contributed by atoms with Crippen LogP contribution < -0.4 is 173 Å². The second-order valence-corrected chi connectivity index (χ2v) is 20.9. The molecule has 20 nitrogen and oxygen atoms in total. The van der Waals surface area contributed by atoms with Crippen molar-refractivity contribution in [3.05, 3.63) is 116 Å². The van der Waals surface area contributed by atoms with Gasteiger partial charge < -0.3 is 25.5 Å². The standard InChI is InChI=1S/C36H34O20S5.5Na/c1-17-3-27(57(42,43)44)9-19(32(17)37)5-21-11-29(59(48,49)50)13-23(34(21)39)7-25-15-31(61(54,55)56)16-26(36(25)41)8-24-14-30(60(51,52)53)12-22(35(24)40)6-20-10-28(58(45,46)47)4-18(2)33(20)38;;;;;/h3-4,9-16,37-41H,5-8H2,1-2H3,(H,42,43,44)(H,45,46,47)(H,48,49,50)(H,51,52,53)(H,54,55,56);;;;;/q;5*+1/p-5. The first-order chi connectivity index (χ1) is 27.7. The fraction of sp³-hybridized carbons (Fsp3) is 0.167. The Morgan fingerprint density at radius 3 is 0.591 bits per heavy atom. The molecule has 0 atom stereocenters. The minimum Gasteiger partial charge on any atom is -0.872 e. The van der Waals surface area contributed by atoms with Gasteiger partial charge in [-0.3, -0.25) is 22.8 Å². The van der Waals surface area contributed by atoms with E-state index in [9.17, 15) is 90.4 Å². The van der Waals surface area contributed by atoms with Crippen molar-refractivity contribution >= 4 is 50.6 Å². The van der Waals surface area contributed by atoms with Crippen LogP contribution in [0.25, 0.3) is 0 Å². The van der Waals surface area contributed by atoms with Gasteiger partial charge >= 0.3 is 148 Å². The van der Waals surface area contributed by atoms with Crippen LogP contribution in [-0.2, 0) is 76.3 Å².